The maximum absolute atomic E-state index is 10.4. The highest BCUT2D eigenvalue weighted by molar-refractivity contribution is 5.66. The topological polar surface area (TPSA) is 46.5 Å². The van der Waals surface area contributed by atoms with E-state index in [0.717, 1.165) is 19.4 Å². The van der Waals surface area contributed by atoms with Crippen molar-refractivity contribution in [1.82, 2.24) is 0 Å². The van der Waals surface area contributed by atoms with Crippen molar-refractivity contribution in [2.24, 2.45) is 0 Å². The van der Waals surface area contributed by atoms with Crippen molar-refractivity contribution >= 4 is 5.97 Å². The molecule has 0 aromatic heterocycles. The van der Waals surface area contributed by atoms with E-state index in [1.807, 2.05) is 0 Å². The molecular formula is C22H44O3. The standard InChI is InChI=1S/C22H44O3/c1-22(2,3)25-20-18-16-14-12-10-8-6-4-5-7-9-11-13-15-17-19-21(23)24/h4-20H2,1-3H3,(H,23,24). The lowest BCUT2D eigenvalue weighted by Crippen LogP contribution is -2.19. The van der Waals surface area contributed by atoms with Gasteiger partial charge in [0.1, 0.15) is 0 Å². The lowest BCUT2D eigenvalue weighted by molar-refractivity contribution is -0.137. The van der Waals surface area contributed by atoms with E-state index in [1.54, 1.807) is 0 Å². The van der Waals surface area contributed by atoms with Crippen LogP contribution in [-0.4, -0.2) is 23.3 Å². The molecule has 0 spiro atoms. The molecule has 0 saturated heterocycles. The molecule has 0 aliphatic heterocycles. The molecule has 0 radical (unpaired) electrons. The maximum atomic E-state index is 10.4. The molecule has 0 rings (SSSR count). The molecule has 3 nitrogen and oxygen atoms in total. The first-order chi connectivity index (χ1) is 11.9. The number of carboxylic acids is 1. The van der Waals surface area contributed by atoms with Gasteiger partial charge in [0.05, 0.1) is 5.60 Å². The summed E-state index contributed by atoms with van der Waals surface area (Å²) in [5.41, 5.74) is 0.0142. The number of unbranched alkanes of at least 4 members (excludes halogenated alkanes) is 14. The minimum absolute atomic E-state index is 0.0142. The average Bonchev–Trinajstić information content (AvgIpc) is 2.52. The zero-order valence-corrected chi connectivity index (χ0v) is 17.3. The monoisotopic (exact) mass is 356 g/mol. The van der Waals surface area contributed by atoms with E-state index in [-0.39, 0.29) is 5.60 Å². The van der Waals surface area contributed by atoms with Gasteiger partial charge in [-0.2, -0.15) is 0 Å². The van der Waals surface area contributed by atoms with E-state index in [2.05, 4.69) is 20.8 Å². The van der Waals surface area contributed by atoms with Gasteiger partial charge in [0.15, 0.2) is 0 Å². The summed E-state index contributed by atoms with van der Waals surface area (Å²) in [7, 11) is 0. The summed E-state index contributed by atoms with van der Waals surface area (Å²) < 4.78 is 5.73. The van der Waals surface area contributed by atoms with Crippen LogP contribution in [0.4, 0.5) is 0 Å². The summed E-state index contributed by atoms with van der Waals surface area (Å²) in [6, 6.07) is 0. The Kier molecular flexibility index (Phi) is 16.5. The minimum Gasteiger partial charge on any atom is -0.481 e. The second-order valence-electron chi connectivity index (χ2n) is 8.41. The van der Waals surface area contributed by atoms with Gasteiger partial charge in [-0.3, -0.25) is 4.79 Å². The minimum atomic E-state index is -0.658. The van der Waals surface area contributed by atoms with Crippen LogP contribution >= 0.6 is 0 Å². The Labute approximate surface area is 156 Å². The number of carbonyl (C=O) groups is 1. The molecule has 25 heavy (non-hydrogen) atoms. The maximum Gasteiger partial charge on any atom is 0.303 e. The van der Waals surface area contributed by atoms with Crippen molar-refractivity contribution in [3.05, 3.63) is 0 Å². The predicted octanol–water partition coefficient (Wildman–Crippen LogP) is 7.13. The van der Waals surface area contributed by atoms with Gasteiger partial charge in [0.25, 0.3) is 0 Å². The molecule has 0 atom stereocenters. The molecule has 0 amide bonds. The first-order valence-electron chi connectivity index (χ1n) is 10.8. The molecule has 0 aromatic carbocycles. The third-order valence-corrected chi connectivity index (χ3v) is 4.57. The highest BCUT2D eigenvalue weighted by atomic mass is 16.5. The number of rotatable bonds is 18. The molecular weight excluding hydrogens is 312 g/mol. The highest BCUT2D eigenvalue weighted by Crippen LogP contribution is 2.14. The van der Waals surface area contributed by atoms with E-state index in [0.29, 0.717) is 6.42 Å². The Hall–Kier alpha value is -0.570. The van der Waals surface area contributed by atoms with Crippen LogP contribution in [0, 0.1) is 0 Å². The van der Waals surface area contributed by atoms with E-state index < -0.39 is 5.97 Å². The van der Waals surface area contributed by atoms with Crippen LogP contribution in [0.5, 0.6) is 0 Å². The van der Waals surface area contributed by atoms with Gasteiger partial charge in [-0.05, 0) is 33.6 Å². The van der Waals surface area contributed by atoms with Gasteiger partial charge in [-0.25, -0.2) is 0 Å². The van der Waals surface area contributed by atoms with Crippen LogP contribution < -0.4 is 0 Å². The Morgan fingerprint density at radius 1 is 0.640 bits per heavy atom. The highest BCUT2D eigenvalue weighted by Gasteiger charge is 2.08. The summed E-state index contributed by atoms with van der Waals surface area (Å²) in [6.07, 6.45) is 19.6. The lowest BCUT2D eigenvalue weighted by Gasteiger charge is -2.19. The van der Waals surface area contributed by atoms with Crippen LogP contribution in [0.15, 0.2) is 0 Å². The molecule has 0 aliphatic carbocycles. The molecule has 0 bridgehead atoms. The Morgan fingerprint density at radius 2 is 0.960 bits per heavy atom. The quantitative estimate of drug-likeness (QED) is 0.266. The third kappa shape index (κ3) is 23.4. The van der Waals surface area contributed by atoms with E-state index in [4.69, 9.17) is 9.84 Å². The summed E-state index contributed by atoms with van der Waals surface area (Å²) >= 11 is 0. The van der Waals surface area contributed by atoms with Crippen molar-refractivity contribution in [2.45, 2.75) is 129 Å². The van der Waals surface area contributed by atoms with Crippen molar-refractivity contribution in [1.29, 1.82) is 0 Å². The Balaban J connectivity index is 3.04. The molecule has 0 aromatic rings. The lowest BCUT2D eigenvalue weighted by atomic mass is 10.0. The van der Waals surface area contributed by atoms with Crippen LogP contribution in [0.3, 0.4) is 0 Å². The SMILES string of the molecule is CC(C)(C)OCCCCCCCCCCCCCCCCCC(=O)O. The number of hydrogen-bond donors (Lipinski definition) is 1. The van der Waals surface area contributed by atoms with Crippen LogP contribution in [0.25, 0.3) is 0 Å². The molecule has 1 N–H and O–H groups in total. The average molecular weight is 357 g/mol. The van der Waals surface area contributed by atoms with E-state index in [9.17, 15) is 4.79 Å². The largest absolute Gasteiger partial charge is 0.481 e. The van der Waals surface area contributed by atoms with E-state index >= 15 is 0 Å². The molecule has 0 unspecified atom stereocenters. The molecule has 0 saturated carbocycles. The molecule has 0 aliphatic rings. The fourth-order valence-corrected chi connectivity index (χ4v) is 3.05. The van der Waals surface area contributed by atoms with Crippen LogP contribution in [0.2, 0.25) is 0 Å². The normalized spacial score (nSPS) is 11.8. The van der Waals surface area contributed by atoms with Crippen LogP contribution in [0.1, 0.15) is 124 Å². The fourth-order valence-electron chi connectivity index (χ4n) is 3.05. The zero-order valence-electron chi connectivity index (χ0n) is 17.3. The van der Waals surface area contributed by atoms with Gasteiger partial charge < -0.3 is 9.84 Å². The van der Waals surface area contributed by atoms with Gasteiger partial charge in [0.2, 0.25) is 0 Å². The molecule has 150 valence electrons. The summed E-state index contributed by atoms with van der Waals surface area (Å²) in [5.74, 6) is -0.658. The first kappa shape index (κ1) is 24.4. The second-order valence-corrected chi connectivity index (χ2v) is 8.41. The zero-order chi connectivity index (χ0) is 18.8. The van der Waals surface area contributed by atoms with Gasteiger partial charge >= 0.3 is 5.97 Å². The van der Waals surface area contributed by atoms with Crippen molar-refractivity contribution in [2.75, 3.05) is 6.61 Å². The van der Waals surface area contributed by atoms with Crippen molar-refractivity contribution < 1.29 is 14.6 Å². The summed E-state index contributed by atoms with van der Waals surface area (Å²) in [4.78, 5) is 10.4. The molecule has 0 heterocycles. The summed E-state index contributed by atoms with van der Waals surface area (Å²) in [5, 5.41) is 8.56. The summed E-state index contributed by atoms with van der Waals surface area (Å²) in [6.45, 7) is 7.27. The van der Waals surface area contributed by atoms with E-state index in [1.165, 1.54) is 83.5 Å². The Morgan fingerprint density at radius 3 is 1.28 bits per heavy atom. The number of ether oxygens (including phenoxy) is 1. The predicted molar refractivity (Wildman–Crippen MR) is 107 cm³/mol. The number of carboxylic acid groups (broad SMARTS) is 1. The van der Waals surface area contributed by atoms with Crippen LogP contribution in [-0.2, 0) is 9.53 Å². The molecule has 3 heteroatoms. The van der Waals surface area contributed by atoms with Gasteiger partial charge in [-0.1, -0.05) is 83.5 Å². The first-order valence-corrected chi connectivity index (χ1v) is 10.8. The van der Waals surface area contributed by atoms with Gasteiger partial charge in [-0.15, -0.1) is 0 Å². The molecule has 0 fully saturated rings. The number of hydrogen-bond acceptors (Lipinski definition) is 2. The van der Waals surface area contributed by atoms with Crippen molar-refractivity contribution in [3.8, 4) is 0 Å². The van der Waals surface area contributed by atoms with Gasteiger partial charge in [0, 0.05) is 13.0 Å². The Bertz CT molecular complexity index is 294. The third-order valence-electron chi connectivity index (χ3n) is 4.57. The van der Waals surface area contributed by atoms with Crippen molar-refractivity contribution in [3.63, 3.8) is 0 Å². The fraction of sp³-hybridized carbons (Fsp3) is 0.955. The smallest absolute Gasteiger partial charge is 0.303 e. The number of aliphatic carboxylic acids is 1. The second kappa shape index (κ2) is 16.9.